The van der Waals surface area contributed by atoms with Gasteiger partial charge in [0.2, 0.25) is 0 Å². The molecular weight excluding hydrogens is 252 g/mol. The number of Topliss-reactive ketones (excluding diaryl/α,β-unsaturated/α-hetero) is 1. The average Bonchev–Trinajstić information content (AvgIpc) is 2.28. The van der Waals surface area contributed by atoms with Gasteiger partial charge in [-0.25, -0.2) is 0 Å². The van der Waals surface area contributed by atoms with E-state index in [0.29, 0.717) is 0 Å². The van der Waals surface area contributed by atoms with Crippen molar-refractivity contribution in [2.45, 2.75) is 39.2 Å². The highest BCUT2D eigenvalue weighted by Gasteiger charge is 2.50. The molecule has 0 aliphatic heterocycles. The number of rotatable bonds is 4. The molecule has 3 atom stereocenters. The van der Waals surface area contributed by atoms with Gasteiger partial charge in [-0.05, 0) is 27.2 Å². The average molecular weight is 272 g/mol. The van der Waals surface area contributed by atoms with Gasteiger partial charge in [-0.1, -0.05) is 0 Å². The first-order valence-corrected chi connectivity index (χ1v) is 6.41. The van der Waals surface area contributed by atoms with Crippen molar-refractivity contribution in [3.63, 3.8) is 0 Å². The summed E-state index contributed by atoms with van der Waals surface area (Å²) in [5, 5.41) is 10.2. The second kappa shape index (κ2) is 6.14. The van der Waals surface area contributed by atoms with Crippen molar-refractivity contribution in [1.29, 1.82) is 0 Å². The summed E-state index contributed by atoms with van der Waals surface area (Å²) in [4.78, 5) is 35.3. The van der Waals surface area contributed by atoms with Crippen LogP contribution in [-0.4, -0.2) is 41.6 Å². The Morgan fingerprint density at radius 1 is 1.26 bits per heavy atom. The highest BCUT2D eigenvalue weighted by atomic mass is 16.5. The van der Waals surface area contributed by atoms with Crippen molar-refractivity contribution in [2.75, 3.05) is 13.2 Å². The molecule has 0 amide bonds. The van der Waals surface area contributed by atoms with E-state index in [9.17, 15) is 19.5 Å². The van der Waals surface area contributed by atoms with Gasteiger partial charge in [-0.15, -0.1) is 0 Å². The Bertz CT molecular complexity index is 373. The number of ketones is 1. The molecular formula is C13H20O6. The van der Waals surface area contributed by atoms with Gasteiger partial charge in [0.15, 0.2) is 0 Å². The first kappa shape index (κ1) is 15.6. The molecule has 1 aliphatic rings. The van der Waals surface area contributed by atoms with Gasteiger partial charge in [0, 0.05) is 6.42 Å². The third-order valence-electron chi connectivity index (χ3n) is 3.29. The molecule has 0 saturated heterocycles. The molecule has 108 valence electrons. The minimum absolute atomic E-state index is 0.0660. The Morgan fingerprint density at radius 3 is 2.32 bits per heavy atom. The number of hydrogen-bond donors (Lipinski definition) is 1. The van der Waals surface area contributed by atoms with Gasteiger partial charge in [-0.3, -0.25) is 14.4 Å². The number of carbonyl (C=O) groups excluding carboxylic acids is 3. The van der Waals surface area contributed by atoms with Crippen LogP contribution >= 0.6 is 0 Å². The molecule has 1 aliphatic carbocycles. The van der Waals surface area contributed by atoms with Crippen LogP contribution in [0.25, 0.3) is 0 Å². The normalized spacial score (nSPS) is 30.8. The Hall–Kier alpha value is -1.43. The summed E-state index contributed by atoms with van der Waals surface area (Å²) in [6.45, 7) is 5.06. The first-order chi connectivity index (χ1) is 8.83. The van der Waals surface area contributed by atoms with Gasteiger partial charge < -0.3 is 14.6 Å². The minimum atomic E-state index is -1.48. The summed E-state index contributed by atoms with van der Waals surface area (Å²) in [7, 11) is 0. The summed E-state index contributed by atoms with van der Waals surface area (Å²) < 4.78 is 9.69. The highest BCUT2D eigenvalue weighted by molar-refractivity contribution is 6.01. The van der Waals surface area contributed by atoms with Crippen molar-refractivity contribution in [3.05, 3.63) is 0 Å². The lowest BCUT2D eigenvalue weighted by molar-refractivity contribution is -0.169. The molecule has 19 heavy (non-hydrogen) atoms. The molecule has 1 N–H and O–H groups in total. The predicted octanol–water partition coefficient (Wildman–Crippen LogP) is 0.459. The van der Waals surface area contributed by atoms with Crippen LogP contribution in [0, 0.1) is 11.8 Å². The summed E-state index contributed by atoms with van der Waals surface area (Å²) in [5.41, 5.74) is -1.48. The van der Waals surface area contributed by atoms with E-state index in [1.54, 1.807) is 13.8 Å². The number of ether oxygens (including phenoxy) is 2. The minimum Gasteiger partial charge on any atom is -0.466 e. The molecule has 0 bridgehead atoms. The van der Waals surface area contributed by atoms with Crippen molar-refractivity contribution in [2.24, 2.45) is 11.8 Å². The summed E-state index contributed by atoms with van der Waals surface area (Å²) in [6, 6.07) is 0. The number of esters is 2. The van der Waals surface area contributed by atoms with E-state index in [1.807, 2.05) is 0 Å². The van der Waals surface area contributed by atoms with Gasteiger partial charge in [0.05, 0.1) is 24.7 Å². The fourth-order valence-corrected chi connectivity index (χ4v) is 2.28. The molecule has 6 heteroatoms. The maximum atomic E-state index is 11.8. The second-order valence-corrected chi connectivity index (χ2v) is 4.85. The van der Waals surface area contributed by atoms with Crippen LogP contribution in [0.3, 0.4) is 0 Å². The van der Waals surface area contributed by atoms with Crippen LogP contribution in [0.1, 0.15) is 33.6 Å². The Labute approximate surface area is 112 Å². The lowest BCUT2D eigenvalue weighted by atomic mass is 9.71. The van der Waals surface area contributed by atoms with Crippen LogP contribution in [0.2, 0.25) is 0 Å². The smallest absolute Gasteiger partial charge is 0.316 e. The molecule has 0 spiro atoms. The third kappa shape index (κ3) is 3.53. The van der Waals surface area contributed by atoms with Crippen molar-refractivity contribution in [1.82, 2.24) is 0 Å². The Morgan fingerprint density at radius 2 is 1.79 bits per heavy atom. The van der Waals surface area contributed by atoms with E-state index < -0.39 is 35.2 Å². The highest BCUT2D eigenvalue weighted by Crippen LogP contribution is 2.36. The van der Waals surface area contributed by atoms with Gasteiger partial charge in [0.25, 0.3) is 0 Å². The fourth-order valence-electron chi connectivity index (χ4n) is 2.28. The van der Waals surface area contributed by atoms with E-state index in [-0.39, 0.29) is 26.1 Å². The van der Waals surface area contributed by atoms with Crippen LogP contribution in [0.15, 0.2) is 0 Å². The van der Waals surface area contributed by atoms with E-state index in [4.69, 9.17) is 9.47 Å². The predicted molar refractivity (Wildman–Crippen MR) is 65.1 cm³/mol. The summed E-state index contributed by atoms with van der Waals surface area (Å²) in [5.74, 6) is -3.51. The third-order valence-corrected chi connectivity index (χ3v) is 3.29. The lowest BCUT2D eigenvalue weighted by Gasteiger charge is -2.37. The van der Waals surface area contributed by atoms with Gasteiger partial charge >= 0.3 is 11.9 Å². The fraction of sp³-hybridized carbons (Fsp3) is 0.769. The molecule has 1 fully saturated rings. The zero-order chi connectivity index (χ0) is 14.6. The molecule has 0 aromatic carbocycles. The number of hydrogen-bond acceptors (Lipinski definition) is 6. The Kier molecular flexibility index (Phi) is 5.05. The van der Waals surface area contributed by atoms with E-state index in [1.165, 1.54) is 6.92 Å². The molecule has 0 radical (unpaired) electrons. The van der Waals surface area contributed by atoms with E-state index in [2.05, 4.69) is 0 Å². The van der Waals surface area contributed by atoms with Crippen LogP contribution in [0.4, 0.5) is 0 Å². The molecule has 1 saturated carbocycles. The topological polar surface area (TPSA) is 89.9 Å². The SMILES string of the molecule is CCOC(=O)[C@H]1C[C@H](C(=O)OCC)[C@@](C)(O)CC1=O. The zero-order valence-corrected chi connectivity index (χ0v) is 11.5. The lowest BCUT2D eigenvalue weighted by Crippen LogP contribution is -2.50. The molecule has 0 heterocycles. The first-order valence-electron chi connectivity index (χ1n) is 6.41. The van der Waals surface area contributed by atoms with Gasteiger partial charge in [-0.2, -0.15) is 0 Å². The van der Waals surface area contributed by atoms with Crippen molar-refractivity contribution >= 4 is 17.7 Å². The summed E-state index contributed by atoms with van der Waals surface area (Å²) >= 11 is 0. The molecule has 1 rings (SSSR count). The van der Waals surface area contributed by atoms with E-state index in [0.717, 1.165) is 0 Å². The summed E-state index contributed by atoms with van der Waals surface area (Å²) in [6.07, 6.45) is -0.316. The largest absolute Gasteiger partial charge is 0.466 e. The molecule has 0 aromatic rings. The van der Waals surface area contributed by atoms with Gasteiger partial charge in [0.1, 0.15) is 11.7 Å². The Balaban J connectivity index is 2.88. The number of aliphatic hydroxyl groups is 1. The molecule has 6 nitrogen and oxygen atoms in total. The quantitative estimate of drug-likeness (QED) is 0.590. The van der Waals surface area contributed by atoms with Crippen LogP contribution in [-0.2, 0) is 23.9 Å². The van der Waals surface area contributed by atoms with Crippen LogP contribution in [0.5, 0.6) is 0 Å². The standard InChI is InChI=1S/C13H20O6/c1-4-18-11(15)8-6-9(12(16)19-5-2)13(3,17)7-10(8)14/h8-9,17H,4-7H2,1-3H3/t8-,9+,13-/m0/s1. The number of carbonyl (C=O) groups is 3. The zero-order valence-electron chi connectivity index (χ0n) is 11.5. The maximum Gasteiger partial charge on any atom is 0.316 e. The molecule has 0 unspecified atom stereocenters. The monoisotopic (exact) mass is 272 g/mol. The maximum absolute atomic E-state index is 11.8. The van der Waals surface area contributed by atoms with Crippen molar-refractivity contribution < 1.29 is 29.0 Å². The second-order valence-electron chi connectivity index (χ2n) is 4.85. The van der Waals surface area contributed by atoms with Crippen LogP contribution < -0.4 is 0 Å². The van der Waals surface area contributed by atoms with Crippen molar-refractivity contribution in [3.8, 4) is 0 Å². The molecule has 0 aromatic heterocycles. The van der Waals surface area contributed by atoms with E-state index >= 15 is 0 Å².